The van der Waals surface area contributed by atoms with Crippen LogP contribution in [-0.4, -0.2) is 36.5 Å². The second-order valence-electron chi connectivity index (χ2n) is 5.32. The lowest BCUT2D eigenvalue weighted by Gasteiger charge is -2.22. The first-order valence-electron chi connectivity index (χ1n) is 7.38. The highest BCUT2D eigenvalue weighted by molar-refractivity contribution is 7.99. The monoisotopic (exact) mass is 290 g/mol. The minimum Gasteiger partial charge on any atom is -0.381 e. The predicted octanol–water partition coefficient (Wildman–Crippen LogP) is 3.27. The Kier molecular flexibility index (Phi) is 4.65. The molecule has 2 aromatic rings. The molecule has 0 saturated carbocycles. The molecular weight excluding hydrogens is 268 g/mol. The van der Waals surface area contributed by atoms with Crippen molar-refractivity contribution in [3.63, 3.8) is 0 Å². The van der Waals surface area contributed by atoms with E-state index in [9.17, 15) is 0 Å². The van der Waals surface area contributed by atoms with Crippen LogP contribution in [0.4, 0.5) is 0 Å². The highest BCUT2D eigenvalue weighted by Gasteiger charge is 2.25. The van der Waals surface area contributed by atoms with Crippen molar-refractivity contribution >= 4 is 22.7 Å². The third-order valence-electron chi connectivity index (χ3n) is 3.92. The fourth-order valence-corrected chi connectivity index (χ4v) is 3.94. The first kappa shape index (κ1) is 14.0. The summed E-state index contributed by atoms with van der Waals surface area (Å²) >= 11 is 1.91. The standard InChI is InChI=1S/C16H22N2OS/c1-2-17-15(13-7-8-19-10-13)11-20-16-9-12-5-3-4-6-14(12)18-16/h3-6,9,13,15,17-18H,2,7-8,10-11H2,1H3. The molecule has 2 N–H and O–H groups in total. The summed E-state index contributed by atoms with van der Waals surface area (Å²) in [5.74, 6) is 1.75. The van der Waals surface area contributed by atoms with Crippen LogP contribution >= 0.6 is 11.8 Å². The highest BCUT2D eigenvalue weighted by Crippen LogP contribution is 2.26. The molecule has 4 heteroatoms. The number of H-pyrrole nitrogens is 1. The Morgan fingerprint density at radius 3 is 3.10 bits per heavy atom. The number of hydrogen-bond acceptors (Lipinski definition) is 3. The van der Waals surface area contributed by atoms with E-state index in [1.165, 1.54) is 22.3 Å². The summed E-state index contributed by atoms with van der Waals surface area (Å²) in [6.45, 7) is 5.03. The van der Waals surface area contributed by atoms with Gasteiger partial charge in [0.2, 0.25) is 0 Å². The van der Waals surface area contributed by atoms with Gasteiger partial charge in [0.05, 0.1) is 11.6 Å². The van der Waals surface area contributed by atoms with Crippen LogP contribution in [0.15, 0.2) is 35.4 Å². The molecule has 20 heavy (non-hydrogen) atoms. The minimum atomic E-state index is 0.541. The van der Waals surface area contributed by atoms with Gasteiger partial charge in [-0.2, -0.15) is 0 Å². The van der Waals surface area contributed by atoms with Gasteiger partial charge in [-0.15, -0.1) is 11.8 Å². The molecule has 0 bridgehead atoms. The van der Waals surface area contributed by atoms with Gasteiger partial charge in [0.1, 0.15) is 0 Å². The normalized spacial score (nSPS) is 20.6. The number of para-hydroxylation sites is 1. The third kappa shape index (κ3) is 3.19. The summed E-state index contributed by atoms with van der Waals surface area (Å²) in [7, 11) is 0. The van der Waals surface area contributed by atoms with E-state index in [0.717, 1.165) is 25.5 Å². The zero-order valence-corrected chi connectivity index (χ0v) is 12.7. The summed E-state index contributed by atoms with van der Waals surface area (Å²) in [4.78, 5) is 3.49. The lowest BCUT2D eigenvalue weighted by molar-refractivity contribution is 0.179. The summed E-state index contributed by atoms with van der Waals surface area (Å²) in [5.41, 5.74) is 1.22. The first-order chi connectivity index (χ1) is 9.86. The van der Waals surface area contributed by atoms with Gasteiger partial charge in [0, 0.05) is 35.2 Å². The van der Waals surface area contributed by atoms with Crippen LogP contribution in [0.25, 0.3) is 10.9 Å². The molecule has 1 aliphatic rings. The average Bonchev–Trinajstić information content (AvgIpc) is 3.12. The number of ether oxygens (including phenoxy) is 1. The van der Waals surface area contributed by atoms with Crippen molar-refractivity contribution in [2.75, 3.05) is 25.5 Å². The van der Waals surface area contributed by atoms with Gasteiger partial charge < -0.3 is 15.0 Å². The van der Waals surface area contributed by atoms with E-state index >= 15 is 0 Å². The van der Waals surface area contributed by atoms with E-state index in [2.05, 4.69) is 47.6 Å². The van der Waals surface area contributed by atoms with Gasteiger partial charge in [-0.3, -0.25) is 0 Å². The maximum atomic E-state index is 5.53. The molecule has 1 saturated heterocycles. The fraction of sp³-hybridized carbons (Fsp3) is 0.500. The molecule has 1 aromatic carbocycles. The maximum Gasteiger partial charge on any atom is 0.0733 e. The molecule has 3 nitrogen and oxygen atoms in total. The molecule has 0 amide bonds. The molecular formula is C16H22N2OS. The van der Waals surface area contributed by atoms with Crippen molar-refractivity contribution in [1.82, 2.24) is 10.3 Å². The largest absolute Gasteiger partial charge is 0.381 e. The number of fused-ring (bicyclic) bond motifs is 1. The van der Waals surface area contributed by atoms with Crippen molar-refractivity contribution in [3.05, 3.63) is 30.3 Å². The summed E-state index contributed by atoms with van der Waals surface area (Å²) < 4.78 is 5.53. The quantitative estimate of drug-likeness (QED) is 0.802. The molecule has 2 atom stereocenters. The summed E-state index contributed by atoms with van der Waals surface area (Å²) in [6, 6.07) is 11.2. The Morgan fingerprint density at radius 2 is 2.35 bits per heavy atom. The van der Waals surface area contributed by atoms with Gasteiger partial charge in [-0.05, 0) is 25.1 Å². The molecule has 0 aliphatic carbocycles. The number of rotatable bonds is 6. The number of thioether (sulfide) groups is 1. The molecule has 108 valence electrons. The van der Waals surface area contributed by atoms with Crippen molar-refractivity contribution in [3.8, 4) is 0 Å². The van der Waals surface area contributed by atoms with Crippen LogP contribution in [-0.2, 0) is 4.74 Å². The van der Waals surface area contributed by atoms with Crippen molar-refractivity contribution in [2.24, 2.45) is 5.92 Å². The first-order valence-corrected chi connectivity index (χ1v) is 8.37. The number of benzene rings is 1. The van der Waals surface area contributed by atoms with Crippen LogP contribution in [0.3, 0.4) is 0 Å². The molecule has 1 fully saturated rings. The van der Waals surface area contributed by atoms with Crippen LogP contribution in [0.1, 0.15) is 13.3 Å². The Morgan fingerprint density at radius 1 is 1.45 bits per heavy atom. The van der Waals surface area contributed by atoms with Crippen LogP contribution in [0.2, 0.25) is 0 Å². The molecule has 1 aliphatic heterocycles. The van der Waals surface area contributed by atoms with E-state index in [4.69, 9.17) is 4.74 Å². The molecule has 0 radical (unpaired) electrons. The van der Waals surface area contributed by atoms with Gasteiger partial charge in [-0.1, -0.05) is 25.1 Å². The van der Waals surface area contributed by atoms with Crippen LogP contribution in [0.5, 0.6) is 0 Å². The van der Waals surface area contributed by atoms with E-state index in [0.29, 0.717) is 12.0 Å². The SMILES string of the molecule is CCNC(CSc1cc2ccccc2[nH]1)C1CCOC1. The predicted molar refractivity (Wildman–Crippen MR) is 85.4 cm³/mol. The zero-order valence-electron chi connectivity index (χ0n) is 11.9. The third-order valence-corrected chi connectivity index (χ3v) is 4.98. The number of nitrogens with one attached hydrogen (secondary N) is 2. The smallest absolute Gasteiger partial charge is 0.0733 e. The second-order valence-corrected chi connectivity index (χ2v) is 6.38. The van der Waals surface area contributed by atoms with Crippen molar-refractivity contribution < 1.29 is 4.74 Å². The Hall–Kier alpha value is -0.970. The Labute approximate surface area is 124 Å². The van der Waals surface area contributed by atoms with E-state index in [-0.39, 0.29) is 0 Å². The number of aromatic amines is 1. The molecule has 3 rings (SSSR count). The van der Waals surface area contributed by atoms with E-state index in [1.807, 2.05) is 11.8 Å². The van der Waals surface area contributed by atoms with Crippen LogP contribution in [0, 0.1) is 5.92 Å². The fourth-order valence-electron chi connectivity index (χ4n) is 2.80. The summed E-state index contributed by atoms with van der Waals surface area (Å²) in [6.07, 6.45) is 1.19. The number of hydrogen-bond donors (Lipinski definition) is 2. The molecule has 2 unspecified atom stereocenters. The summed E-state index contributed by atoms with van der Waals surface area (Å²) in [5, 5.41) is 6.16. The lowest BCUT2D eigenvalue weighted by Crippen LogP contribution is -2.38. The van der Waals surface area contributed by atoms with Crippen molar-refractivity contribution in [2.45, 2.75) is 24.4 Å². The van der Waals surface area contributed by atoms with E-state index in [1.54, 1.807) is 0 Å². The lowest BCUT2D eigenvalue weighted by atomic mass is 10.0. The zero-order chi connectivity index (χ0) is 13.8. The number of aromatic nitrogens is 1. The van der Waals surface area contributed by atoms with E-state index < -0.39 is 0 Å². The molecule has 1 aromatic heterocycles. The Balaban J connectivity index is 1.63. The van der Waals surface area contributed by atoms with Crippen LogP contribution < -0.4 is 5.32 Å². The minimum absolute atomic E-state index is 0.541. The van der Waals surface area contributed by atoms with Gasteiger partial charge >= 0.3 is 0 Å². The Bertz CT molecular complexity index is 515. The molecule has 0 spiro atoms. The van der Waals surface area contributed by atoms with Gasteiger partial charge in [0.25, 0.3) is 0 Å². The second kappa shape index (κ2) is 6.66. The van der Waals surface area contributed by atoms with Gasteiger partial charge in [0.15, 0.2) is 0 Å². The topological polar surface area (TPSA) is 37.0 Å². The maximum absolute atomic E-state index is 5.53. The van der Waals surface area contributed by atoms with Gasteiger partial charge in [-0.25, -0.2) is 0 Å². The van der Waals surface area contributed by atoms with Crippen molar-refractivity contribution in [1.29, 1.82) is 0 Å². The molecule has 2 heterocycles. The highest BCUT2D eigenvalue weighted by atomic mass is 32.2. The average molecular weight is 290 g/mol.